The van der Waals surface area contributed by atoms with Crippen molar-refractivity contribution in [1.82, 2.24) is 10.2 Å². The molecule has 0 amide bonds. The van der Waals surface area contributed by atoms with Crippen molar-refractivity contribution in [1.29, 1.82) is 0 Å². The van der Waals surface area contributed by atoms with Gasteiger partial charge in [0.1, 0.15) is 5.82 Å². The number of hydrogen-bond acceptors (Lipinski definition) is 5. The molecule has 1 aromatic rings. The Kier molecular flexibility index (Phi) is 3.78. The molecular formula is C19H15F3N2O3. The number of hydrogen-bond donors (Lipinski definition) is 2. The third-order valence-corrected chi connectivity index (χ3v) is 5.00. The highest BCUT2D eigenvalue weighted by Crippen LogP contribution is 2.51. The Labute approximate surface area is 152 Å². The van der Waals surface area contributed by atoms with Gasteiger partial charge in [0.05, 0.1) is 11.1 Å². The van der Waals surface area contributed by atoms with E-state index >= 15 is 0 Å². The van der Waals surface area contributed by atoms with Crippen molar-refractivity contribution in [2.45, 2.75) is 19.1 Å². The molecule has 8 heteroatoms. The maximum absolute atomic E-state index is 14.7. The molecule has 1 unspecified atom stereocenters. The zero-order chi connectivity index (χ0) is 19.5. The molecule has 2 aliphatic heterocycles. The van der Waals surface area contributed by atoms with Crippen LogP contribution in [0.15, 0.2) is 58.7 Å². The molecule has 1 saturated heterocycles. The van der Waals surface area contributed by atoms with Crippen LogP contribution in [0.25, 0.3) is 0 Å². The average molecular weight is 376 g/mol. The molecule has 1 aliphatic carbocycles. The number of carbonyl (C=O) groups excluding carboxylic acids is 2. The first kappa shape index (κ1) is 17.5. The third kappa shape index (κ3) is 2.22. The lowest BCUT2D eigenvalue weighted by Crippen LogP contribution is -2.53. The molecule has 0 radical (unpaired) electrons. The number of benzene rings is 1. The first-order chi connectivity index (χ1) is 12.8. The van der Waals surface area contributed by atoms with Crippen LogP contribution in [0.4, 0.5) is 13.2 Å². The summed E-state index contributed by atoms with van der Waals surface area (Å²) in [5.41, 5.74) is -3.02. The van der Waals surface area contributed by atoms with Gasteiger partial charge in [-0.3, -0.25) is 9.59 Å². The van der Waals surface area contributed by atoms with Gasteiger partial charge in [-0.2, -0.15) is 4.39 Å². The minimum Gasteiger partial charge on any atom is -0.371 e. The molecule has 140 valence electrons. The van der Waals surface area contributed by atoms with E-state index in [1.807, 2.05) is 6.92 Å². The molecule has 5 nitrogen and oxygen atoms in total. The molecular weight excluding hydrogens is 361 g/mol. The quantitative estimate of drug-likeness (QED) is 0.776. The number of aliphatic hydroxyl groups is 1. The van der Waals surface area contributed by atoms with E-state index < -0.39 is 40.3 Å². The van der Waals surface area contributed by atoms with Crippen molar-refractivity contribution < 1.29 is 27.9 Å². The Morgan fingerprint density at radius 2 is 1.85 bits per heavy atom. The number of allylic oxidation sites excluding steroid dienone is 2. The van der Waals surface area contributed by atoms with E-state index in [0.717, 1.165) is 10.5 Å². The molecule has 3 aliphatic rings. The number of carbonyl (C=O) groups is 2. The number of rotatable bonds is 2. The second-order valence-electron chi connectivity index (χ2n) is 6.67. The summed E-state index contributed by atoms with van der Waals surface area (Å²) >= 11 is 0. The van der Waals surface area contributed by atoms with Crippen LogP contribution in [-0.2, 0) is 4.79 Å². The summed E-state index contributed by atoms with van der Waals surface area (Å²) in [5, 5.41) is 13.8. The predicted octanol–water partition coefficient (Wildman–Crippen LogP) is 2.34. The van der Waals surface area contributed by atoms with Crippen LogP contribution in [0.1, 0.15) is 22.3 Å². The summed E-state index contributed by atoms with van der Waals surface area (Å²) in [5.74, 6) is -8.01. The smallest absolute Gasteiger partial charge is 0.253 e. The Balaban J connectivity index is 1.96. The van der Waals surface area contributed by atoms with E-state index in [4.69, 9.17) is 0 Å². The molecule has 0 spiro atoms. The van der Waals surface area contributed by atoms with Crippen molar-refractivity contribution >= 4 is 11.6 Å². The Hall–Kier alpha value is -2.87. The van der Waals surface area contributed by atoms with Crippen LogP contribution in [0.3, 0.4) is 0 Å². The van der Waals surface area contributed by atoms with E-state index in [1.165, 1.54) is 12.1 Å². The molecule has 0 saturated carbocycles. The van der Waals surface area contributed by atoms with Gasteiger partial charge >= 0.3 is 0 Å². The summed E-state index contributed by atoms with van der Waals surface area (Å²) in [6, 6.07) is 6.35. The Bertz CT molecular complexity index is 978. The van der Waals surface area contributed by atoms with Gasteiger partial charge in [-0.15, -0.1) is 0 Å². The number of halogens is 3. The number of ketones is 2. The zero-order valence-corrected chi connectivity index (χ0v) is 14.3. The maximum Gasteiger partial charge on any atom is 0.253 e. The van der Waals surface area contributed by atoms with Gasteiger partial charge in [0.15, 0.2) is 17.4 Å². The molecule has 2 N–H and O–H groups in total. The molecule has 1 aromatic carbocycles. The molecule has 2 heterocycles. The lowest BCUT2D eigenvalue weighted by molar-refractivity contribution is -0.117. The highest BCUT2D eigenvalue weighted by atomic mass is 19.2. The number of aryl methyl sites for hydroxylation is 1. The third-order valence-electron chi connectivity index (χ3n) is 5.00. The molecule has 1 atom stereocenters. The minimum absolute atomic E-state index is 0.0166. The number of nitrogens with zero attached hydrogens (tertiary/aromatic N) is 1. The van der Waals surface area contributed by atoms with E-state index in [1.54, 1.807) is 12.1 Å². The van der Waals surface area contributed by atoms with Crippen LogP contribution < -0.4 is 5.32 Å². The standard InChI is InChI=1S/C19H15F3N2O3/c1-9-3-5-10(6-4-9)15(25)11-12-13(20)16(26)14(21)17(22)19(12,27)24-8-2-7-23-18(11)24/h3-6,23,27H,2,7-8H2,1H3. The lowest BCUT2D eigenvalue weighted by atomic mass is 9.86. The van der Waals surface area contributed by atoms with Crippen molar-refractivity contribution in [3.63, 3.8) is 0 Å². The van der Waals surface area contributed by atoms with Crippen molar-refractivity contribution in [3.8, 4) is 0 Å². The van der Waals surface area contributed by atoms with Gasteiger partial charge < -0.3 is 15.3 Å². The predicted molar refractivity (Wildman–Crippen MR) is 89.2 cm³/mol. The highest BCUT2D eigenvalue weighted by molar-refractivity contribution is 6.17. The normalized spacial score (nSPS) is 24.9. The maximum atomic E-state index is 14.7. The first-order valence-corrected chi connectivity index (χ1v) is 8.39. The van der Waals surface area contributed by atoms with Gasteiger partial charge in [0.2, 0.25) is 11.6 Å². The molecule has 4 rings (SSSR count). The monoisotopic (exact) mass is 376 g/mol. The number of fused-ring (bicyclic) bond motifs is 3. The molecule has 27 heavy (non-hydrogen) atoms. The zero-order valence-electron chi connectivity index (χ0n) is 14.3. The van der Waals surface area contributed by atoms with Crippen LogP contribution >= 0.6 is 0 Å². The summed E-state index contributed by atoms with van der Waals surface area (Å²) in [6.45, 7) is 2.26. The van der Waals surface area contributed by atoms with Crippen molar-refractivity contribution in [2.24, 2.45) is 0 Å². The van der Waals surface area contributed by atoms with E-state index in [2.05, 4.69) is 5.32 Å². The first-order valence-electron chi connectivity index (χ1n) is 8.39. The van der Waals surface area contributed by atoms with E-state index in [0.29, 0.717) is 13.0 Å². The van der Waals surface area contributed by atoms with Crippen LogP contribution in [0, 0.1) is 6.92 Å². The average Bonchev–Trinajstić information content (AvgIpc) is 2.95. The van der Waals surface area contributed by atoms with E-state index in [9.17, 15) is 27.9 Å². The van der Waals surface area contributed by atoms with Crippen molar-refractivity contribution in [2.75, 3.05) is 13.1 Å². The van der Waals surface area contributed by atoms with Crippen LogP contribution in [0.5, 0.6) is 0 Å². The van der Waals surface area contributed by atoms with Gasteiger partial charge in [-0.05, 0) is 13.3 Å². The highest BCUT2D eigenvalue weighted by Gasteiger charge is 2.60. The fourth-order valence-corrected chi connectivity index (χ4v) is 3.65. The summed E-state index contributed by atoms with van der Waals surface area (Å²) in [7, 11) is 0. The SMILES string of the molecule is Cc1ccc(C(=O)C2=C3NCCCN3C3(O)C(F)=C(F)C(=O)C(F)=C23)cc1. The second-order valence-corrected chi connectivity index (χ2v) is 6.67. The fourth-order valence-electron chi connectivity index (χ4n) is 3.65. The van der Waals surface area contributed by atoms with Crippen molar-refractivity contribution in [3.05, 3.63) is 69.8 Å². The second kappa shape index (κ2) is 5.82. The largest absolute Gasteiger partial charge is 0.371 e. The Morgan fingerprint density at radius 1 is 1.19 bits per heavy atom. The summed E-state index contributed by atoms with van der Waals surface area (Å²) in [4.78, 5) is 25.9. The van der Waals surface area contributed by atoms with Gasteiger partial charge in [0.25, 0.3) is 5.78 Å². The molecule has 1 fully saturated rings. The summed E-state index contributed by atoms with van der Waals surface area (Å²) < 4.78 is 43.3. The van der Waals surface area contributed by atoms with Gasteiger partial charge in [0, 0.05) is 18.7 Å². The van der Waals surface area contributed by atoms with Gasteiger partial charge in [-0.1, -0.05) is 29.8 Å². The molecule has 0 aromatic heterocycles. The summed E-state index contributed by atoms with van der Waals surface area (Å²) in [6.07, 6.45) is 0.440. The van der Waals surface area contributed by atoms with E-state index in [-0.39, 0.29) is 23.5 Å². The fraction of sp³-hybridized carbons (Fsp3) is 0.263. The minimum atomic E-state index is -2.86. The Morgan fingerprint density at radius 3 is 2.52 bits per heavy atom. The number of Topliss-reactive ketones (excluding diaryl/α,β-unsaturated/α-hetero) is 2. The van der Waals surface area contributed by atoms with Gasteiger partial charge in [-0.25, -0.2) is 8.78 Å². The lowest BCUT2D eigenvalue weighted by Gasteiger charge is -2.40. The molecule has 0 bridgehead atoms. The van der Waals surface area contributed by atoms with Crippen LogP contribution in [-0.4, -0.2) is 40.4 Å². The van der Waals surface area contributed by atoms with Crippen LogP contribution in [0.2, 0.25) is 0 Å². The number of nitrogens with one attached hydrogen (secondary N) is 1. The topological polar surface area (TPSA) is 69.6 Å².